The Morgan fingerprint density at radius 2 is 1.12 bits per heavy atom. The maximum absolute atomic E-state index is 6.72. The van der Waals surface area contributed by atoms with Crippen molar-refractivity contribution in [3.05, 3.63) is 71.8 Å². The third-order valence-electron chi connectivity index (χ3n) is 8.85. The molecule has 2 aromatic heterocycles. The minimum atomic E-state index is 1.02. The van der Waals surface area contributed by atoms with E-state index in [2.05, 4.69) is 74.5 Å². The van der Waals surface area contributed by atoms with Gasteiger partial charge in [0.05, 0.1) is 0 Å². The van der Waals surface area contributed by atoms with Crippen molar-refractivity contribution in [1.82, 2.24) is 0 Å². The molecular formula is C38H44OS. The molecule has 1 nitrogen and oxygen atoms in total. The number of para-hydroxylation sites is 1. The first-order chi connectivity index (χ1) is 19.8. The van der Waals surface area contributed by atoms with Gasteiger partial charge in [-0.3, -0.25) is 0 Å². The van der Waals surface area contributed by atoms with Crippen LogP contribution in [-0.2, 0) is 12.8 Å². The first-order valence-corrected chi connectivity index (χ1v) is 16.8. The molecule has 6 rings (SSSR count). The average Bonchev–Trinajstić information content (AvgIpc) is 3.57. The Labute approximate surface area is 243 Å². The number of thiophene rings is 1. The molecule has 0 amide bonds. The fourth-order valence-corrected chi connectivity index (χ4v) is 7.99. The lowest BCUT2D eigenvalue weighted by Crippen LogP contribution is -1.92. The molecule has 0 aliphatic heterocycles. The van der Waals surface area contributed by atoms with Gasteiger partial charge in [0, 0.05) is 41.7 Å². The van der Waals surface area contributed by atoms with Crippen LogP contribution in [0.1, 0.15) is 102 Å². The van der Waals surface area contributed by atoms with Crippen molar-refractivity contribution in [2.45, 2.75) is 104 Å². The molecule has 208 valence electrons. The summed E-state index contributed by atoms with van der Waals surface area (Å²) >= 11 is 1.98. The van der Waals surface area contributed by atoms with E-state index in [9.17, 15) is 0 Å². The van der Waals surface area contributed by atoms with Crippen molar-refractivity contribution in [2.24, 2.45) is 0 Å². The smallest absolute Gasteiger partial charge is 0.143 e. The third kappa shape index (κ3) is 5.40. The van der Waals surface area contributed by atoms with Gasteiger partial charge in [-0.25, -0.2) is 0 Å². The minimum Gasteiger partial charge on any atom is -0.455 e. The number of fused-ring (bicyclic) bond motifs is 9. The molecule has 0 radical (unpaired) electrons. The highest BCUT2D eigenvalue weighted by Gasteiger charge is 2.20. The highest BCUT2D eigenvalue weighted by molar-refractivity contribution is 7.26. The Hall–Kier alpha value is -2.84. The molecule has 0 aliphatic rings. The van der Waals surface area contributed by atoms with Gasteiger partial charge >= 0.3 is 0 Å². The maximum Gasteiger partial charge on any atom is 0.143 e. The summed E-state index contributed by atoms with van der Waals surface area (Å²) in [6, 6.07) is 22.7. The zero-order chi connectivity index (χ0) is 27.3. The van der Waals surface area contributed by atoms with E-state index in [1.807, 2.05) is 11.3 Å². The van der Waals surface area contributed by atoms with E-state index in [4.69, 9.17) is 4.42 Å². The van der Waals surface area contributed by atoms with Crippen LogP contribution in [0.15, 0.2) is 65.1 Å². The van der Waals surface area contributed by atoms with Gasteiger partial charge in [-0.15, -0.1) is 11.3 Å². The van der Waals surface area contributed by atoms with Gasteiger partial charge < -0.3 is 4.42 Å². The van der Waals surface area contributed by atoms with Gasteiger partial charge in [-0.2, -0.15) is 0 Å². The summed E-state index contributed by atoms with van der Waals surface area (Å²) in [5.74, 6) is 0. The lowest BCUT2D eigenvalue weighted by atomic mass is 9.92. The molecule has 40 heavy (non-hydrogen) atoms. The normalized spacial score (nSPS) is 12.2. The van der Waals surface area contributed by atoms with Crippen LogP contribution in [-0.4, -0.2) is 0 Å². The predicted octanol–water partition coefficient (Wildman–Crippen LogP) is 12.9. The second-order valence-corrected chi connectivity index (χ2v) is 12.9. The van der Waals surface area contributed by atoms with Gasteiger partial charge in [0.2, 0.25) is 0 Å². The summed E-state index contributed by atoms with van der Waals surface area (Å²) in [7, 11) is 0. The van der Waals surface area contributed by atoms with Crippen LogP contribution in [0.4, 0.5) is 0 Å². The predicted molar refractivity (Wildman–Crippen MR) is 178 cm³/mol. The van der Waals surface area contributed by atoms with Crippen LogP contribution in [0.2, 0.25) is 0 Å². The molecule has 0 saturated heterocycles. The molecule has 0 unspecified atom stereocenters. The van der Waals surface area contributed by atoms with E-state index in [0.29, 0.717) is 0 Å². The van der Waals surface area contributed by atoms with E-state index in [0.717, 1.165) is 24.0 Å². The monoisotopic (exact) mass is 548 g/mol. The number of hydrogen-bond donors (Lipinski definition) is 0. The highest BCUT2D eigenvalue weighted by Crippen LogP contribution is 2.45. The van der Waals surface area contributed by atoms with Crippen LogP contribution >= 0.6 is 11.3 Å². The molecule has 4 aromatic carbocycles. The minimum absolute atomic E-state index is 1.02. The Balaban J connectivity index is 1.48. The Kier molecular flexibility index (Phi) is 8.73. The van der Waals surface area contributed by atoms with Crippen LogP contribution in [0.3, 0.4) is 0 Å². The number of furan rings is 1. The molecule has 0 spiro atoms. The van der Waals surface area contributed by atoms with Gasteiger partial charge in [-0.1, -0.05) is 114 Å². The van der Waals surface area contributed by atoms with E-state index in [1.54, 1.807) is 0 Å². The van der Waals surface area contributed by atoms with Gasteiger partial charge in [0.1, 0.15) is 11.2 Å². The molecule has 0 fully saturated rings. The second kappa shape index (κ2) is 12.8. The van der Waals surface area contributed by atoms with Gasteiger partial charge in [0.15, 0.2) is 0 Å². The molecule has 0 aliphatic carbocycles. The van der Waals surface area contributed by atoms with Crippen molar-refractivity contribution in [1.29, 1.82) is 0 Å². The molecule has 2 heterocycles. The zero-order valence-electron chi connectivity index (χ0n) is 24.5. The van der Waals surface area contributed by atoms with Gasteiger partial charge in [-0.05, 0) is 61.1 Å². The summed E-state index contributed by atoms with van der Waals surface area (Å²) in [6.07, 6.45) is 18.1. The fraction of sp³-hybridized carbons (Fsp3) is 0.421. The van der Waals surface area contributed by atoms with Crippen molar-refractivity contribution >= 4 is 64.2 Å². The van der Waals surface area contributed by atoms with Crippen molar-refractivity contribution < 1.29 is 4.42 Å². The van der Waals surface area contributed by atoms with E-state index in [-0.39, 0.29) is 0 Å². The Bertz CT molecular complexity index is 1600. The standard InChI is InChI=1S/C38H44OS/c1-3-5-7-9-11-13-19-27-26-32-31(37-35(27)29-21-15-17-23-33(29)39-37)25-28(20-14-12-10-8-6-4-2)36-30-22-16-18-24-34(30)40-38(32)36/h15-18,21-26H,3-14,19-20H2,1-2H3. The SMILES string of the molecule is CCCCCCCCc1cc2c(cc(CCCCCCCC)c3c4ccccc4sc23)c2oc3ccccc3c12. The van der Waals surface area contributed by atoms with Crippen LogP contribution in [0.5, 0.6) is 0 Å². The van der Waals surface area contributed by atoms with E-state index < -0.39 is 0 Å². The van der Waals surface area contributed by atoms with E-state index in [1.165, 1.54) is 130 Å². The molecule has 6 aromatic rings. The van der Waals surface area contributed by atoms with Crippen LogP contribution in [0, 0.1) is 0 Å². The summed E-state index contributed by atoms with van der Waals surface area (Å²) in [6.45, 7) is 4.59. The lowest BCUT2D eigenvalue weighted by molar-refractivity contribution is 0.608. The van der Waals surface area contributed by atoms with Gasteiger partial charge in [0.25, 0.3) is 0 Å². The van der Waals surface area contributed by atoms with E-state index >= 15 is 0 Å². The summed E-state index contributed by atoms with van der Waals surface area (Å²) in [5.41, 5.74) is 5.08. The van der Waals surface area contributed by atoms with Crippen molar-refractivity contribution in [2.75, 3.05) is 0 Å². The number of aryl methyl sites for hydroxylation is 2. The average molecular weight is 549 g/mol. The molecular weight excluding hydrogens is 504 g/mol. The number of rotatable bonds is 14. The largest absolute Gasteiger partial charge is 0.455 e. The lowest BCUT2D eigenvalue weighted by Gasteiger charge is -2.12. The molecule has 0 N–H and O–H groups in total. The quantitative estimate of drug-likeness (QED) is 0.123. The van der Waals surface area contributed by atoms with Crippen LogP contribution < -0.4 is 0 Å². The molecule has 0 saturated carbocycles. The first-order valence-electron chi connectivity index (χ1n) is 16.0. The number of unbranched alkanes of at least 4 members (excludes halogenated alkanes) is 10. The maximum atomic E-state index is 6.72. The highest BCUT2D eigenvalue weighted by atomic mass is 32.1. The number of hydrogen-bond acceptors (Lipinski definition) is 2. The molecule has 2 heteroatoms. The first kappa shape index (κ1) is 27.3. The Morgan fingerprint density at radius 1 is 0.550 bits per heavy atom. The topological polar surface area (TPSA) is 13.1 Å². The molecule has 0 atom stereocenters. The molecule has 0 bridgehead atoms. The van der Waals surface area contributed by atoms with Crippen LogP contribution in [0.25, 0.3) is 52.9 Å². The Morgan fingerprint density at radius 3 is 1.85 bits per heavy atom. The fourth-order valence-electron chi connectivity index (χ4n) is 6.72. The summed E-state index contributed by atoms with van der Waals surface area (Å²) in [5, 5.41) is 8.22. The summed E-state index contributed by atoms with van der Waals surface area (Å²) < 4.78 is 9.57. The number of benzene rings is 4. The van der Waals surface area contributed by atoms with Crippen molar-refractivity contribution in [3.8, 4) is 0 Å². The third-order valence-corrected chi connectivity index (χ3v) is 10.1. The summed E-state index contributed by atoms with van der Waals surface area (Å²) in [4.78, 5) is 0. The van der Waals surface area contributed by atoms with Crippen molar-refractivity contribution in [3.63, 3.8) is 0 Å². The second-order valence-electron chi connectivity index (χ2n) is 11.8. The zero-order valence-corrected chi connectivity index (χ0v) is 25.3.